The monoisotopic (exact) mass is 314 g/mol. The molecule has 0 N–H and O–H groups in total. The maximum Gasteiger partial charge on any atom is 0.252 e. The van der Waals surface area contributed by atoms with Gasteiger partial charge in [-0.05, 0) is 30.7 Å². The Balaban J connectivity index is 1.66. The van der Waals surface area contributed by atoms with Crippen LogP contribution in [0.5, 0.6) is 5.75 Å². The molecule has 1 aliphatic heterocycles. The van der Waals surface area contributed by atoms with Crippen molar-refractivity contribution >= 4 is 5.78 Å². The summed E-state index contributed by atoms with van der Waals surface area (Å²) in [6.07, 6.45) is 4.36. The van der Waals surface area contributed by atoms with Crippen molar-refractivity contribution in [3.8, 4) is 17.1 Å². The van der Waals surface area contributed by atoms with Gasteiger partial charge in [0.05, 0.1) is 18.8 Å². The van der Waals surface area contributed by atoms with Gasteiger partial charge in [-0.25, -0.2) is 13.9 Å². The summed E-state index contributed by atoms with van der Waals surface area (Å²) in [5.74, 6) is 1.42. The van der Waals surface area contributed by atoms with Crippen LogP contribution in [0.4, 0.5) is 4.39 Å². The van der Waals surface area contributed by atoms with Crippen LogP contribution in [0.1, 0.15) is 6.42 Å². The summed E-state index contributed by atoms with van der Waals surface area (Å²) in [4.78, 5) is 8.46. The number of hydrogen-bond acceptors (Lipinski definition) is 5. The van der Waals surface area contributed by atoms with Crippen LogP contribution < -0.4 is 4.74 Å². The second-order valence-corrected chi connectivity index (χ2v) is 5.48. The summed E-state index contributed by atoms with van der Waals surface area (Å²) in [5.41, 5.74) is 0.523. The molecule has 4 rings (SSSR count). The summed E-state index contributed by atoms with van der Waals surface area (Å²) in [6.45, 7) is 2.00. The van der Waals surface area contributed by atoms with Gasteiger partial charge in [0.1, 0.15) is 11.6 Å². The minimum absolute atomic E-state index is 0.358. The van der Waals surface area contributed by atoms with Gasteiger partial charge in [0, 0.05) is 24.9 Å². The molecule has 2 aromatic heterocycles. The van der Waals surface area contributed by atoms with Gasteiger partial charge in [0.15, 0.2) is 5.82 Å². The molecule has 3 heterocycles. The van der Waals surface area contributed by atoms with Gasteiger partial charge in [-0.1, -0.05) is 0 Å². The van der Waals surface area contributed by atoms with Crippen LogP contribution >= 0.6 is 0 Å². The average molecular weight is 314 g/mol. The fraction of sp³-hybridized carbons (Fsp3) is 0.312. The zero-order valence-electron chi connectivity index (χ0n) is 12.4. The first kappa shape index (κ1) is 14.1. The van der Waals surface area contributed by atoms with E-state index in [0.29, 0.717) is 42.0 Å². The summed E-state index contributed by atoms with van der Waals surface area (Å²) in [7, 11) is 0. The van der Waals surface area contributed by atoms with Gasteiger partial charge in [0.2, 0.25) is 0 Å². The number of halogens is 1. The Morgan fingerprint density at radius 2 is 2.35 bits per heavy atom. The minimum Gasteiger partial charge on any atom is -0.492 e. The third-order valence-electron chi connectivity index (χ3n) is 3.80. The maximum atomic E-state index is 13.7. The van der Waals surface area contributed by atoms with E-state index in [0.717, 1.165) is 13.0 Å². The van der Waals surface area contributed by atoms with Crippen molar-refractivity contribution in [2.24, 2.45) is 5.92 Å². The number of aromatic nitrogens is 4. The molecule has 6 nitrogen and oxygen atoms in total. The van der Waals surface area contributed by atoms with Gasteiger partial charge < -0.3 is 9.47 Å². The molecular weight excluding hydrogens is 299 g/mol. The molecule has 0 bridgehead atoms. The predicted molar refractivity (Wildman–Crippen MR) is 80.6 cm³/mol. The molecule has 0 aliphatic carbocycles. The average Bonchev–Trinajstić information content (AvgIpc) is 3.22. The Hall–Kier alpha value is -2.54. The van der Waals surface area contributed by atoms with Crippen molar-refractivity contribution < 1.29 is 13.9 Å². The number of benzene rings is 1. The minimum atomic E-state index is -0.358. The van der Waals surface area contributed by atoms with E-state index in [-0.39, 0.29) is 5.82 Å². The van der Waals surface area contributed by atoms with E-state index in [2.05, 4.69) is 15.1 Å². The predicted octanol–water partition coefficient (Wildman–Crippen LogP) is 2.35. The molecule has 1 fully saturated rings. The zero-order valence-corrected chi connectivity index (χ0v) is 12.4. The Kier molecular flexibility index (Phi) is 3.63. The van der Waals surface area contributed by atoms with Crippen LogP contribution in [0.25, 0.3) is 17.2 Å². The molecule has 0 radical (unpaired) electrons. The van der Waals surface area contributed by atoms with Gasteiger partial charge in [-0.15, -0.1) is 5.10 Å². The summed E-state index contributed by atoms with van der Waals surface area (Å²) >= 11 is 0. The Bertz CT molecular complexity index is 797. The quantitative estimate of drug-likeness (QED) is 0.740. The normalized spacial score (nSPS) is 17.7. The van der Waals surface area contributed by atoms with Crippen LogP contribution in [0.3, 0.4) is 0 Å². The van der Waals surface area contributed by atoms with E-state index in [1.807, 2.05) is 0 Å². The third-order valence-corrected chi connectivity index (χ3v) is 3.80. The van der Waals surface area contributed by atoms with Gasteiger partial charge in [-0.3, -0.25) is 0 Å². The first-order chi connectivity index (χ1) is 11.3. The van der Waals surface area contributed by atoms with E-state index in [1.54, 1.807) is 29.0 Å². The molecule has 1 unspecified atom stereocenters. The molecule has 0 spiro atoms. The van der Waals surface area contributed by atoms with E-state index < -0.39 is 0 Å². The molecule has 118 valence electrons. The van der Waals surface area contributed by atoms with Gasteiger partial charge in [-0.2, -0.15) is 4.98 Å². The van der Waals surface area contributed by atoms with Crippen LogP contribution in [-0.4, -0.2) is 39.4 Å². The molecule has 0 amide bonds. The second kappa shape index (κ2) is 5.92. The largest absolute Gasteiger partial charge is 0.492 e. The lowest BCUT2D eigenvalue weighted by atomic mass is 10.1. The molecule has 3 aromatic rings. The highest BCUT2D eigenvalue weighted by molar-refractivity contribution is 5.65. The molecule has 0 saturated carbocycles. The van der Waals surface area contributed by atoms with E-state index in [9.17, 15) is 4.39 Å². The molecule has 7 heteroatoms. The van der Waals surface area contributed by atoms with Crippen molar-refractivity contribution in [1.29, 1.82) is 0 Å². The maximum absolute atomic E-state index is 13.7. The van der Waals surface area contributed by atoms with Gasteiger partial charge >= 0.3 is 0 Å². The third kappa shape index (κ3) is 2.87. The fourth-order valence-corrected chi connectivity index (χ4v) is 2.57. The zero-order chi connectivity index (χ0) is 15.6. The molecule has 1 aromatic carbocycles. The van der Waals surface area contributed by atoms with Gasteiger partial charge in [0.25, 0.3) is 5.78 Å². The lowest BCUT2D eigenvalue weighted by Gasteiger charge is -2.12. The Morgan fingerprint density at radius 3 is 3.17 bits per heavy atom. The second-order valence-electron chi connectivity index (χ2n) is 5.48. The number of rotatable bonds is 4. The van der Waals surface area contributed by atoms with Crippen molar-refractivity contribution in [2.75, 3.05) is 19.8 Å². The van der Waals surface area contributed by atoms with Crippen molar-refractivity contribution in [3.05, 3.63) is 42.5 Å². The SMILES string of the molecule is Fc1ccc(OCC2CCOC2)c(-c2nc3ncccn3n2)c1. The Morgan fingerprint density at radius 1 is 1.39 bits per heavy atom. The lowest BCUT2D eigenvalue weighted by Crippen LogP contribution is -2.12. The topological polar surface area (TPSA) is 61.5 Å². The molecular formula is C16H15FN4O2. The summed E-state index contributed by atoms with van der Waals surface area (Å²) in [5, 5.41) is 4.34. The number of fused-ring (bicyclic) bond motifs is 1. The molecule has 1 aliphatic rings. The standard InChI is InChI=1S/C16H15FN4O2/c17-12-2-3-14(23-10-11-4-7-22-9-11)13(8-12)15-19-16-18-5-1-6-21(16)20-15/h1-3,5-6,8,11H,4,7,9-10H2. The smallest absolute Gasteiger partial charge is 0.252 e. The first-order valence-corrected chi connectivity index (χ1v) is 7.47. The van der Waals surface area contributed by atoms with E-state index in [4.69, 9.17) is 9.47 Å². The van der Waals surface area contributed by atoms with Crippen LogP contribution in [0, 0.1) is 11.7 Å². The van der Waals surface area contributed by atoms with Crippen molar-refractivity contribution in [3.63, 3.8) is 0 Å². The van der Waals surface area contributed by atoms with Crippen LogP contribution in [0.2, 0.25) is 0 Å². The molecule has 23 heavy (non-hydrogen) atoms. The van der Waals surface area contributed by atoms with Crippen LogP contribution in [0.15, 0.2) is 36.7 Å². The highest BCUT2D eigenvalue weighted by atomic mass is 19.1. The highest BCUT2D eigenvalue weighted by Crippen LogP contribution is 2.29. The van der Waals surface area contributed by atoms with Crippen LogP contribution in [-0.2, 0) is 4.74 Å². The first-order valence-electron chi connectivity index (χ1n) is 7.47. The van der Waals surface area contributed by atoms with E-state index >= 15 is 0 Å². The highest BCUT2D eigenvalue weighted by Gasteiger charge is 2.19. The summed E-state index contributed by atoms with van der Waals surface area (Å²) in [6, 6.07) is 6.13. The number of nitrogens with zero attached hydrogens (tertiary/aromatic N) is 4. The molecule has 1 atom stereocenters. The lowest BCUT2D eigenvalue weighted by molar-refractivity contribution is 0.167. The summed E-state index contributed by atoms with van der Waals surface area (Å²) < 4.78 is 26.4. The number of ether oxygens (including phenoxy) is 2. The van der Waals surface area contributed by atoms with Crippen molar-refractivity contribution in [1.82, 2.24) is 19.6 Å². The van der Waals surface area contributed by atoms with E-state index in [1.165, 1.54) is 12.1 Å². The Labute approximate surface area is 131 Å². The fourth-order valence-electron chi connectivity index (χ4n) is 2.57. The van der Waals surface area contributed by atoms with Crippen molar-refractivity contribution in [2.45, 2.75) is 6.42 Å². The number of hydrogen-bond donors (Lipinski definition) is 0. The molecule has 1 saturated heterocycles.